The van der Waals surface area contributed by atoms with E-state index < -0.39 is 24.1 Å². The van der Waals surface area contributed by atoms with Gasteiger partial charge in [-0.25, -0.2) is 0 Å². The number of rotatable bonds is 3. The minimum atomic E-state index is -0.685. The van der Waals surface area contributed by atoms with Gasteiger partial charge in [0.15, 0.2) is 12.4 Å². The average molecular weight is 144 g/mol. The van der Waals surface area contributed by atoms with Crippen molar-refractivity contribution in [1.29, 1.82) is 0 Å². The SMILES string of the molecule is CC(=O)OCC(=O)C(C)=O. The Hall–Kier alpha value is -1.19. The Morgan fingerprint density at radius 3 is 2.00 bits per heavy atom. The molecule has 0 unspecified atom stereocenters. The normalized spacial score (nSPS) is 8.60. The Bertz CT molecular complexity index is 171. The van der Waals surface area contributed by atoms with Crippen molar-refractivity contribution in [2.75, 3.05) is 6.61 Å². The molecule has 4 heteroatoms. The molecule has 0 fully saturated rings. The lowest BCUT2D eigenvalue weighted by Gasteiger charge is -1.95. The van der Waals surface area contributed by atoms with Crippen molar-refractivity contribution < 1.29 is 19.1 Å². The molecular weight excluding hydrogens is 136 g/mol. The van der Waals surface area contributed by atoms with Crippen LogP contribution >= 0.6 is 0 Å². The van der Waals surface area contributed by atoms with Gasteiger partial charge in [0, 0.05) is 13.8 Å². The predicted molar refractivity (Wildman–Crippen MR) is 32.3 cm³/mol. The minimum Gasteiger partial charge on any atom is -0.457 e. The first-order valence-corrected chi connectivity index (χ1v) is 2.71. The number of ether oxygens (including phenoxy) is 1. The number of carbonyl (C=O) groups is 3. The van der Waals surface area contributed by atoms with Gasteiger partial charge >= 0.3 is 5.97 Å². The number of hydrogen-bond acceptors (Lipinski definition) is 4. The van der Waals surface area contributed by atoms with E-state index >= 15 is 0 Å². The Balaban J connectivity index is 3.60. The molecule has 0 heterocycles. The molecule has 0 aliphatic rings. The van der Waals surface area contributed by atoms with E-state index in [-0.39, 0.29) is 0 Å². The van der Waals surface area contributed by atoms with Crippen LogP contribution in [0.3, 0.4) is 0 Å². The summed E-state index contributed by atoms with van der Waals surface area (Å²) in [5.74, 6) is -1.84. The Morgan fingerprint density at radius 1 is 1.20 bits per heavy atom. The van der Waals surface area contributed by atoms with E-state index in [1.165, 1.54) is 6.92 Å². The number of ketones is 2. The van der Waals surface area contributed by atoms with Crippen LogP contribution in [-0.4, -0.2) is 24.1 Å². The smallest absolute Gasteiger partial charge is 0.303 e. The maximum atomic E-state index is 10.4. The van der Waals surface area contributed by atoms with Crippen molar-refractivity contribution in [2.45, 2.75) is 13.8 Å². The molecule has 0 aromatic heterocycles. The van der Waals surface area contributed by atoms with Gasteiger partial charge in [-0.3, -0.25) is 14.4 Å². The molecule has 10 heavy (non-hydrogen) atoms. The zero-order valence-corrected chi connectivity index (χ0v) is 5.84. The highest BCUT2D eigenvalue weighted by molar-refractivity contribution is 6.36. The summed E-state index contributed by atoms with van der Waals surface area (Å²) in [5, 5.41) is 0. The van der Waals surface area contributed by atoms with Crippen molar-refractivity contribution in [3.8, 4) is 0 Å². The van der Waals surface area contributed by atoms with Gasteiger partial charge in [-0.2, -0.15) is 0 Å². The maximum absolute atomic E-state index is 10.4. The van der Waals surface area contributed by atoms with E-state index in [4.69, 9.17) is 0 Å². The van der Waals surface area contributed by atoms with Crippen LogP contribution in [0.2, 0.25) is 0 Å². The molecule has 4 nitrogen and oxygen atoms in total. The van der Waals surface area contributed by atoms with Gasteiger partial charge < -0.3 is 4.74 Å². The van der Waals surface area contributed by atoms with Crippen molar-refractivity contribution in [3.63, 3.8) is 0 Å². The highest BCUT2D eigenvalue weighted by Gasteiger charge is 2.08. The van der Waals surface area contributed by atoms with Crippen LogP contribution in [0.4, 0.5) is 0 Å². The summed E-state index contributed by atoms with van der Waals surface area (Å²) >= 11 is 0. The first-order chi connectivity index (χ1) is 4.54. The quantitative estimate of drug-likeness (QED) is 0.403. The van der Waals surface area contributed by atoms with E-state index in [1.54, 1.807) is 0 Å². The van der Waals surface area contributed by atoms with Crippen LogP contribution in [0.1, 0.15) is 13.8 Å². The summed E-state index contributed by atoms with van der Waals surface area (Å²) in [4.78, 5) is 30.7. The Morgan fingerprint density at radius 2 is 1.70 bits per heavy atom. The zero-order chi connectivity index (χ0) is 8.15. The van der Waals surface area contributed by atoms with Crippen LogP contribution in [0.15, 0.2) is 0 Å². The fourth-order valence-electron chi connectivity index (χ4n) is 0.269. The molecule has 0 radical (unpaired) electrons. The highest BCUT2D eigenvalue weighted by Crippen LogP contribution is 1.80. The Labute approximate surface area is 58.2 Å². The van der Waals surface area contributed by atoms with Gasteiger partial charge in [0.05, 0.1) is 0 Å². The monoisotopic (exact) mass is 144 g/mol. The van der Waals surface area contributed by atoms with Gasteiger partial charge in [0.25, 0.3) is 0 Å². The molecule has 0 saturated carbocycles. The van der Waals surface area contributed by atoms with Gasteiger partial charge in [0.1, 0.15) is 0 Å². The standard InChI is InChI=1S/C6H8O4/c1-4(7)6(9)3-10-5(2)8/h3H2,1-2H3. The summed E-state index contributed by atoms with van der Waals surface area (Å²) in [7, 11) is 0. The molecule has 0 amide bonds. The van der Waals surface area contributed by atoms with Gasteiger partial charge in [-0.1, -0.05) is 0 Å². The second-order valence-corrected chi connectivity index (χ2v) is 1.76. The minimum absolute atomic E-state index is 0.440. The second-order valence-electron chi connectivity index (χ2n) is 1.76. The van der Waals surface area contributed by atoms with E-state index in [2.05, 4.69) is 4.74 Å². The summed E-state index contributed by atoms with van der Waals surface area (Å²) in [6.07, 6.45) is 0. The fraction of sp³-hybridized carbons (Fsp3) is 0.500. The van der Waals surface area contributed by atoms with Gasteiger partial charge in [-0.15, -0.1) is 0 Å². The van der Waals surface area contributed by atoms with E-state index in [0.29, 0.717) is 0 Å². The van der Waals surface area contributed by atoms with Gasteiger partial charge in [-0.05, 0) is 0 Å². The molecule has 0 spiro atoms. The van der Waals surface area contributed by atoms with E-state index in [1.807, 2.05) is 0 Å². The van der Waals surface area contributed by atoms with Crippen molar-refractivity contribution in [2.24, 2.45) is 0 Å². The zero-order valence-electron chi connectivity index (χ0n) is 5.84. The summed E-state index contributed by atoms with van der Waals surface area (Å²) < 4.78 is 4.26. The molecule has 0 aromatic rings. The number of carbonyl (C=O) groups excluding carboxylic acids is 3. The number of Topliss-reactive ketones (excluding diaryl/α,β-unsaturated/α-hetero) is 2. The third kappa shape index (κ3) is 3.77. The lowest BCUT2D eigenvalue weighted by atomic mass is 10.3. The average Bonchev–Trinajstić information content (AvgIpc) is 1.82. The van der Waals surface area contributed by atoms with Crippen LogP contribution in [-0.2, 0) is 19.1 Å². The topological polar surface area (TPSA) is 60.4 Å². The molecular formula is C6H8O4. The van der Waals surface area contributed by atoms with Gasteiger partial charge in [0.2, 0.25) is 5.78 Å². The molecule has 0 saturated heterocycles. The molecule has 0 bridgehead atoms. The third-order valence-electron chi connectivity index (χ3n) is 0.799. The van der Waals surface area contributed by atoms with Crippen LogP contribution in [0.25, 0.3) is 0 Å². The summed E-state index contributed by atoms with van der Waals surface area (Å²) in [6.45, 7) is 1.86. The van der Waals surface area contributed by atoms with Crippen LogP contribution in [0, 0.1) is 0 Å². The van der Waals surface area contributed by atoms with Crippen LogP contribution < -0.4 is 0 Å². The molecule has 0 atom stereocenters. The number of hydrogen-bond donors (Lipinski definition) is 0. The Kier molecular flexibility index (Phi) is 3.32. The van der Waals surface area contributed by atoms with Crippen molar-refractivity contribution in [1.82, 2.24) is 0 Å². The lowest BCUT2D eigenvalue weighted by molar-refractivity contribution is -0.148. The van der Waals surface area contributed by atoms with Crippen LogP contribution in [0.5, 0.6) is 0 Å². The molecule has 0 aromatic carbocycles. The predicted octanol–water partition coefficient (Wildman–Crippen LogP) is -0.292. The second kappa shape index (κ2) is 3.76. The largest absolute Gasteiger partial charge is 0.457 e. The van der Waals surface area contributed by atoms with Crippen molar-refractivity contribution >= 4 is 17.5 Å². The first-order valence-electron chi connectivity index (χ1n) is 2.71. The maximum Gasteiger partial charge on any atom is 0.303 e. The fourth-order valence-corrected chi connectivity index (χ4v) is 0.269. The first kappa shape index (κ1) is 8.81. The van der Waals surface area contributed by atoms with E-state index in [0.717, 1.165) is 6.92 Å². The molecule has 0 aliphatic carbocycles. The molecule has 0 N–H and O–H groups in total. The number of esters is 1. The summed E-state index contributed by atoms with van der Waals surface area (Å²) in [5.41, 5.74) is 0. The van der Waals surface area contributed by atoms with E-state index in [9.17, 15) is 14.4 Å². The highest BCUT2D eigenvalue weighted by atomic mass is 16.5. The molecule has 56 valence electrons. The van der Waals surface area contributed by atoms with Crippen molar-refractivity contribution in [3.05, 3.63) is 0 Å². The molecule has 0 rings (SSSR count). The molecule has 0 aliphatic heterocycles. The lowest BCUT2D eigenvalue weighted by Crippen LogP contribution is -2.18. The third-order valence-corrected chi connectivity index (χ3v) is 0.799. The summed E-state index contributed by atoms with van der Waals surface area (Å²) in [6, 6.07) is 0.